The van der Waals surface area contributed by atoms with Crippen LogP contribution in [0.3, 0.4) is 0 Å². The molecule has 0 aliphatic heterocycles. The van der Waals surface area contributed by atoms with E-state index in [2.05, 4.69) is 37.3 Å². The first-order chi connectivity index (χ1) is 8.75. The maximum absolute atomic E-state index is 12.5. The fourth-order valence-corrected chi connectivity index (χ4v) is 3.35. The van der Waals surface area contributed by atoms with Gasteiger partial charge < -0.3 is 0 Å². The predicted octanol–water partition coefficient (Wildman–Crippen LogP) is 3.78. The summed E-state index contributed by atoms with van der Waals surface area (Å²) in [5.74, 6) is 1.22. The third kappa shape index (κ3) is 1.30. The van der Waals surface area contributed by atoms with Crippen LogP contribution in [-0.2, 0) is 12.8 Å². The summed E-state index contributed by atoms with van der Waals surface area (Å²) in [5.41, 5.74) is 3.79. The Balaban J connectivity index is 1.95. The van der Waals surface area contributed by atoms with Gasteiger partial charge in [-0.25, -0.2) is 0 Å². The van der Waals surface area contributed by atoms with Gasteiger partial charge in [-0.05, 0) is 47.1 Å². The lowest BCUT2D eigenvalue weighted by Gasteiger charge is -2.07. The Kier molecular flexibility index (Phi) is 1.97. The SMILES string of the molecule is CC1CC1C(=O)c1ccc2c3c(cccc13)CC2. The zero-order valence-corrected chi connectivity index (χ0v) is 10.6. The highest BCUT2D eigenvalue weighted by Crippen LogP contribution is 2.42. The third-order valence-corrected chi connectivity index (χ3v) is 4.59. The van der Waals surface area contributed by atoms with Gasteiger partial charge in [-0.3, -0.25) is 4.79 Å². The van der Waals surface area contributed by atoms with E-state index >= 15 is 0 Å². The molecule has 1 saturated carbocycles. The number of carbonyl (C=O) groups is 1. The molecule has 0 N–H and O–H groups in total. The molecule has 0 heterocycles. The Bertz CT molecular complexity index is 658. The van der Waals surface area contributed by atoms with Crippen LogP contribution in [0.5, 0.6) is 0 Å². The Morgan fingerprint density at radius 1 is 1.11 bits per heavy atom. The molecule has 0 radical (unpaired) electrons. The summed E-state index contributed by atoms with van der Waals surface area (Å²) >= 11 is 0. The van der Waals surface area contributed by atoms with Crippen LogP contribution in [0.25, 0.3) is 10.8 Å². The quantitative estimate of drug-likeness (QED) is 0.725. The maximum Gasteiger partial charge on any atom is 0.166 e. The molecule has 0 bridgehead atoms. The van der Waals surface area contributed by atoms with Crippen LogP contribution in [0.15, 0.2) is 30.3 Å². The first-order valence-corrected chi connectivity index (χ1v) is 6.83. The fourth-order valence-electron chi connectivity index (χ4n) is 3.35. The van der Waals surface area contributed by atoms with E-state index in [0.29, 0.717) is 11.7 Å². The van der Waals surface area contributed by atoms with Crippen LogP contribution in [0.1, 0.15) is 34.8 Å². The third-order valence-electron chi connectivity index (χ3n) is 4.59. The Labute approximate surface area is 107 Å². The average molecular weight is 236 g/mol. The van der Waals surface area contributed by atoms with Gasteiger partial charge in [0.05, 0.1) is 0 Å². The van der Waals surface area contributed by atoms with Crippen molar-refractivity contribution in [3.63, 3.8) is 0 Å². The van der Waals surface area contributed by atoms with E-state index in [0.717, 1.165) is 24.8 Å². The second kappa shape index (κ2) is 3.44. The summed E-state index contributed by atoms with van der Waals surface area (Å²) in [6, 6.07) is 10.6. The van der Waals surface area contributed by atoms with Crippen molar-refractivity contribution in [3.05, 3.63) is 47.0 Å². The minimum absolute atomic E-state index is 0.281. The molecule has 0 saturated heterocycles. The van der Waals surface area contributed by atoms with Gasteiger partial charge in [0.2, 0.25) is 0 Å². The molecule has 1 fully saturated rings. The maximum atomic E-state index is 12.5. The molecule has 2 aliphatic carbocycles. The molecule has 90 valence electrons. The summed E-state index contributed by atoms with van der Waals surface area (Å²) in [6.07, 6.45) is 3.33. The van der Waals surface area contributed by atoms with E-state index in [4.69, 9.17) is 0 Å². The summed E-state index contributed by atoms with van der Waals surface area (Å²) in [6.45, 7) is 2.17. The first kappa shape index (κ1) is 10.3. The second-order valence-corrected chi connectivity index (χ2v) is 5.80. The lowest BCUT2D eigenvalue weighted by molar-refractivity contribution is 0.0964. The molecule has 2 aromatic rings. The number of aryl methyl sites for hydroxylation is 2. The number of hydrogen-bond acceptors (Lipinski definition) is 1. The number of rotatable bonds is 2. The van der Waals surface area contributed by atoms with E-state index in [1.54, 1.807) is 0 Å². The van der Waals surface area contributed by atoms with Gasteiger partial charge in [0, 0.05) is 11.5 Å². The molecule has 1 heteroatoms. The van der Waals surface area contributed by atoms with E-state index in [1.165, 1.54) is 21.9 Å². The number of Topliss-reactive ketones (excluding diaryl/α,β-unsaturated/α-hetero) is 1. The van der Waals surface area contributed by atoms with Crippen LogP contribution in [-0.4, -0.2) is 5.78 Å². The minimum atomic E-state index is 0.281. The molecule has 1 nitrogen and oxygen atoms in total. The summed E-state index contributed by atoms with van der Waals surface area (Å²) in [7, 11) is 0. The van der Waals surface area contributed by atoms with Crippen molar-refractivity contribution in [1.29, 1.82) is 0 Å². The smallest absolute Gasteiger partial charge is 0.166 e. The normalized spacial score (nSPS) is 24.5. The van der Waals surface area contributed by atoms with E-state index in [-0.39, 0.29) is 5.92 Å². The standard InChI is InChI=1S/C17H16O/c1-10-9-15(10)17(18)14-8-7-12-6-5-11-3-2-4-13(14)16(11)12/h2-4,7-8,10,15H,5-6,9H2,1H3. The van der Waals surface area contributed by atoms with Crippen LogP contribution >= 0.6 is 0 Å². The average Bonchev–Trinajstić information content (AvgIpc) is 2.97. The number of ketones is 1. The molecule has 2 aliphatic rings. The monoisotopic (exact) mass is 236 g/mol. The summed E-state index contributed by atoms with van der Waals surface area (Å²) in [5, 5.41) is 2.54. The molecule has 4 rings (SSSR count). The van der Waals surface area contributed by atoms with E-state index < -0.39 is 0 Å². The van der Waals surface area contributed by atoms with E-state index in [1.807, 2.05) is 0 Å². The molecule has 2 atom stereocenters. The molecule has 0 spiro atoms. The zero-order valence-electron chi connectivity index (χ0n) is 10.6. The number of hydrogen-bond donors (Lipinski definition) is 0. The summed E-state index contributed by atoms with van der Waals surface area (Å²) < 4.78 is 0. The van der Waals surface area contributed by atoms with Crippen molar-refractivity contribution in [3.8, 4) is 0 Å². The van der Waals surface area contributed by atoms with E-state index in [9.17, 15) is 4.79 Å². The van der Waals surface area contributed by atoms with Crippen molar-refractivity contribution in [2.24, 2.45) is 11.8 Å². The highest BCUT2D eigenvalue weighted by atomic mass is 16.1. The summed E-state index contributed by atoms with van der Waals surface area (Å²) in [4.78, 5) is 12.5. The van der Waals surface area contributed by atoms with Gasteiger partial charge in [0.15, 0.2) is 5.78 Å². The predicted molar refractivity (Wildman–Crippen MR) is 73.0 cm³/mol. The fraction of sp³-hybridized carbons (Fsp3) is 0.353. The number of carbonyl (C=O) groups excluding carboxylic acids is 1. The number of benzene rings is 2. The first-order valence-electron chi connectivity index (χ1n) is 6.83. The lowest BCUT2D eigenvalue weighted by atomic mass is 9.95. The van der Waals surface area contributed by atoms with Gasteiger partial charge in [-0.2, -0.15) is 0 Å². The second-order valence-electron chi connectivity index (χ2n) is 5.80. The highest BCUT2D eigenvalue weighted by molar-refractivity contribution is 6.11. The van der Waals surface area contributed by atoms with Crippen molar-refractivity contribution >= 4 is 16.6 Å². The Hall–Kier alpha value is -1.63. The van der Waals surface area contributed by atoms with Crippen molar-refractivity contribution < 1.29 is 4.79 Å². The lowest BCUT2D eigenvalue weighted by Crippen LogP contribution is -2.04. The van der Waals surface area contributed by atoms with Gasteiger partial charge in [-0.15, -0.1) is 0 Å². The Morgan fingerprint density at radius 2 is 1.83 bits per heavy atom. The van der Waals surface area contributed by atoms with Crippen LogP contribution in [0, 0.1) is 11.8 Å². The minimum Gasteiger partial charge on any atom is -0.294 e. The van der Waals surface area contributed by atoms with Crippen molar-refractivity contribution in [2.45, 2.75) is 26.2 Å². The largest absolute Gasteiger partial charge is 0.294 e. The van der Waals surface area contributed by atoms with Gasteiger partial charge in [-0.1, -0.05) is 37.3 Å². The van der Waals surface area contributed by atoms with Crippen LogP contribution < -0.4 is 0 Å². The molecular weight excluding hydrogens is 220 g/mol. The van der Waals surface area contributed by atoms with Crippen LogP contribution in [0.2, 0.25) is 0 Å². The molecule has 2 aromatic carbocycles. The van der Waals surface area contributed by atoms with Crippen LogP contribution in [0.4, 0.5) is 0 Å². The molecule has 18 heavy (non-hydrogen) atoms. The van der Waals surface area contributed by atoms with Crippen molar-refractivity contribution in [2.75, 3.05) is 0 Å². The van der Waals surface area contributed by atoms with Crippen molar-refractivity contribution in [1.82, 2.24) is 0 Å². The zero-order chi connectivity index (χ0) is 12.3. The molecule has 0 amide bonds. The van der Waals surface area contributed by atoms with Gasteiger partial charge in [0.1, 0.15) is 0 Å². The van der Waals surface area contributed by atoms with Gasteiger partial charge in [0.25, 0.3) is 0 Å². The highest BCUT2D eigenvalue weighted by Gasteiger charge is 2.40. The molecule has 0 aromatic heterocycles. The van der Waals surface area contributed by atoms with Gasteiger partial charge >= 0.3 is 0 Å². The molecular formula is C17H16O. The Morgan fingerprint density at radius 3 is 2.56 bits per heavy atom. The topological polar surface area (TPSA) is 17.1 Å². The molecule has 2 unspecified atom stereocenters.